The van der Waals surface area contributed by atoms with Gasteiger partial charge in [0.15, 0.2) is 5.65 Å². The van der Waals surface area contributed by atoms with Crippen LogP contribution in [-0.2, 0) is 0 Å². The van der Waals surface area contributed by atoms with Crippen LogP contribution in [0.5, 0.6) is 5.75 Å². The van der Waals surface area contributed by atoms with Gasteiger partial charge in [-0.1, -0.05) is 11.6 Å². The number of rotatable bonds is 6. The van der Waals surface area contributed by atoms with Crippen molar-refractivity contribution in [3.05, 3.63) is 74.0 Å². The number of imidazole rings is 1. The van der Waals surface area contributed by atoms with Crippen LogP contribution in [0.25, 0.3) is 16.9 Å². The first kappa shape index (κ1) is 21.0. The van der Waals surface area contributed by atoms with Crippen LogP contribution in [0.4, 0.5) is 8.78 Å². The minimum absolute atomic E-state index is 0.0339. The second kappa shape index (κ2) is 7.45. The Bertz CT molecular complexity index is 1550. The third-order valence-corrected chi connectivity index (χ3v) is 6.57. The summed E-state index contributed by atoms with van der Waals surface area (Å²) in [4.78, 5) is 37.2. The molecular formula is C22H17ClF2N6O3. The summed E-state index contributed by atoms with van der Waals surface area (Å²) in [6, 6.07) is 3.49. The number of halogens is 3. The van der Waals surface area contributed by atoms with Crippen LogP contribution >= 0.6 is 11.6 Å². The molecule has 0 bridgehead atoms. The lowest BCUT2D eigenvalue weighted by Crippen LogP contribution is -2.23. The van der Waals surface area contributed by atoms with Crippen molar-refractivity contribution in [3.63, 3.8) is 0 Å². The average Bonchev–Trinajstić information content (AvgIpc) is 3.64. The predicted octanol–water partition coefficient (Wildman–Crippen LogP) is 3.13. The van der Waals surface area contributed by atoms with E-state index >= 15 is 0 Å². The van der Waals surface area contributed by atoms with Crippen LogP contribution in [0.3, 0.4) is 0 Å². The van der Waals surface area contributed by atoms with E-state index in [1.54, 1.807) is 29.0 Å². The minimum Gasteiger partial charge on any atom is -0.491 e. The largest absolute Gasteiger partial charge is 0.491 e. The highest BCUT2D eigenvalue weighted by molar-refractivity contribution is 6.31. The van der Waals surface area contributed by atoms with Crippen molar-refractivity contribution in [2.24, 2.45) is 5.92 Å². The molecule has 0 aliphatic heterocycles. The summed E-state index contributed by atoms with van der Waals surface area (Å²) in [5, 5.41) is 4.71. The maximum atomic E-state index is 13.2. The zero-order valence-corrected chi connectivity index (χ0v) is 18.2. The number of hydrogen-bond donors (Lipinski definition) is 2. The molecule has 2 N–H and O–H groups in total. The van der Waals surface area contributed by atoms with E-state index in [0.717, 1.165) is 17.7 Å². The van der Waals surface area contributed by atoms with Crippen LogP contribution in [0, 0.1) is 5.92 Å². The zero-order valence-electron chi connectivity index (χ0n) is 17.5. The van der Waals surface area contributed by atoms with Crippen LogP contribution in [0.15, 0.2) is 46.5 Å². The highest BCUT2D eigenvalue weighted by atomic mass is 35.5. The summed E-state index contributed by atoms with van der Waals surface area (Å²) in [6.45, 7) is -0.0968. The highest BCUT2D eigenvalue weighted by Crippen LogP contribution is 2.56. The summed E-state index contributed by atoms with van der Waals surface area (Å²) in [6.07, 6.45) is 6.69. The van der Waals surface area contributed by atoms with Gasteiger partial charge in [0.25, 0.3) is 11.5 Å². The number of aromatic nitrogens is 6. The van der Waals surface area contributed by atoms with Crippen molar-refractivity contribution in [2.45, 2.75) is 30.6 Å². The molecule has 4 heterocycles. The van der Waals surface area contributed by atoms with Gasteiger partial charge in [-0.2, -0.15) is 5.10 Å². The quantitative estimate of drug-likeness (QED) is 0.432. The lowest BCUT2D eigenvalue weighted by molar-refractivity contribution is 0.0856. The van der Waals surface area contributed by atoms with Gasteiger partial charge in [-0.3, -0.25) is 14.8 Å². The van der Waals surface area contributed by atoms with Crippen LogP contribution in [-0.4, -0.2) is 42.1 Å². The first-order valence-corrected chi connectivity index (χ1v) is 11.0. The van der Waals surface area contributed by atoms with Crippen LogP contribution in [0.1, 0.15) is 35.9 Å². The normalized spacial score (nSPS) is 22.6. The Labute approximate surface area is 194 Å². The molecule has 2 aliphatic carbocycles. The summed E-state index contributed by atoms with van der Waals surface area (Å²) in [5.41, 5.74) is 1.74. The molecule has 2 aliphatic rings. The van der Waals surface area contributed by atoms with Gasteiger partial charge in [0.05, 0.1) is 23.8 Å². The number of ether oxygens (including phenoxy) is 1. The third-order valence-electron chi connectivity index (χ3n) is 6.29. The fourth-order valence-electron chi connectivity index (χ4n) is 4.20. The van der Waals surface area contributed by atoms with Gasteiger partial charge < -0.3 is 9.72 Å². The summed E-state index contributed by atoms with van der Waals surface area (Å²) < 4.78 is 33.5. The summed E-state index contributed by atoms with van der Waals surface area (Å²) >= 11 is 6.17. The Kier molecular flexibility index (Phi) is 4.60. The Hall–Kier alpha value is -3.60. The van der Waals surface area contributed by atoms with Crippen molar-refractivity contribution >= 4 is 17.2 Å². The molecule has 0 aromatic carbocycles. The van der Waals surface area contributed by atoms with E-state index in [1.807, 2.05) is 0 Å². The molecule has 2 fully saturated rings. The molecule has 0 saturated heterocycles. The molecule has 4 aromatic heterocycles. The van der Waals surface area contributed by atoms with Gasteiger partial charge in [-0.25, -0.2) is 23.1 Å². The van der Waals surface area contributed by atoms with E-state index < -0.39 is 23.1 Å². The Morgan fingerprint density at radius 3 is 2.82 bits per heavy atom. The SMILES string of the molecule is O=c1[nH]cc(-c2cc([C@H]3C[C@@H]3c3cc(OCC4CC4(F)F)c(Cl)cn3)c3nccn3n2)c(=O)[nH]1. The molecule has 12 heteroatoms. The molecule has 174 valence electrons. The monoisotopic (exact) mass is 486 g/mol. The van der Waals surface area contributed by atoms with E-state index in [2.05, 4.69) is 25.0 Å². The van der Waals surface area contributed by atoms with E-state index in [1.165, 1.54) is 12.4 Å². The Morgan fingerprint density at radius 1 is 1.24 bits per heavy atom. The zero-order chi connectivity index (χ0) is 23.6. The van der Waals surface area contributed by atoms with Gasteiger partial charge in [-0.05, 0) is 18.4 Å². The molecule has 4 aromatic rings. The fraction of sp³-hybridized carbons (Fsp3) is 0.318. The van der Waals surface area contributed by atoms with Crippen molar-refractivity contribution in [1.29, 1.82) is 0 Å². The van der Waals surface area contributed by atoms with Gasteiger partial charge in [0.1, 0.15) is 10.8 Å². The van der Waals surface area contributed by atoms with E-state index in [9.17, 15) is 18.4 Å². The fourth-order valence-corrected chi connectivity index (χ4v) is 4.36. The van der Waals surface area contributed by atoms with Crippen LogP contribution < -0.4 is 16.0 Å². The van der Waals surface area contributed by atoms with Crippen molar-refractivity contribution in [2.75, 3.05) is 6.61 Å². The lowest BCUT2D eigenvalue weighted by Gasteiger charge is -2.10. The van der Waals surface area contributed by atoms with Gasteiger partial charge in [0, 0.05) is 54.4 Å². The van der Waals surface area contributed by atoms with E-state index in [-0.39, 0.29) is 35.4 Å². The predicted molar refractivity (Wildman–Crippen MR) is 118 cm³/mol. The molecule has 3 atom stereocenters. The van der Waals surface area contributed by atoms with E-state index in [4.69, 9.17) is 16.3 Å². The summed E-state index contributed by atoms with van der Waals surface area (Å²) in [7, 11) is 0. The molecule has 0 radical (unpaired) electrons. The summed E-state index contributed by atoms with van der Waals surface area (Å²) in [5.74, 6) is -3.03. The molecule has 0 spiro atoms. The number of nitrogens with one attached hydrogen (secondary N) is 2. The third kappa shape index (κ3) is 3.65. The number of pyridine rings is 1. The number of fused-ring (bicyclic) bond motifs is 1. The number of H-pyrrole nitrogens is 2. The van der Waals surface area contributed by atoms with E-state index in [0.29, 0.717) is 17.1 Å². The van der Waals surface area contributed by atoms with Crippen molar-refractivity contribution in [1.82, 2.24) is 29.5 Å². The topological polar surface area (TPSA) is 118 Å². The maximum absolute atomic E-state index is 13.2. The Morgan fingerprint density at radius 2 is 2.06 bits per heavy atom. The Balaban J connectivity index is 1.30. The molecule has 0 amide bonds. The number of hydrogen-bond acceptors (Lipinski definition) is 6. The van der Waals surface area contributed by atoms with Gasteiger partial charge >= 0.3 is 5.69 Å². The molecular weight excluding hydrogens is 470 g/mol. The first-order valence-electron chi connectivity index (χ1n) is 10.6. The second-order valence-corrected chi connectivity index (χ2v) is 9.03. The minimum atomic E-state index is -2.66. The standard InChI is InChI=1S/C22H17ClF2N6O3/c23-15-8-27-16(5-18(15)34-9-10-6-22(10,24)25)12-3-11(12)13-4-17(30-31-2-1-26-19(13)31)14-7-28-21(33)29-20(14)32/h1-2,4-5,7-8,10-12H,3,6,9H2,(H2,28,29,32,33)/t10?,11-,12-/m0/s1. The van der Waals surface area contributed by atoms with Gasteiger partial charge in [0.2, 0.25) is 0 Å². The maximum Gasteiger partial charge on any atom is 0.325 e. The first-order chi connectivity index (χ1) is 16.3. The van der Waals surface area contributed by atoms with Crippen LogP contribution in [0.2, 0.25) is 5.02 Å². The molecule has 6 rings (SSSR count). The molecule has 34 heavy (non-hydrogen) atoms. The smallest absolute Gasteiger partial charge is 0.325 e. The molecule has 2 saturated carbocycles. The van der Waals surface area contributed by atoms with Crippen molar-refractivity contribution in [3.8, 4) is 17.0 Å². The number of alkyl halides is 2. The average molecular weight is 487 g/mol. The lowest BCUT2D eigenvalue weighted by atomic mass is 10.1. The van der Waals surface area contributed by atoms with Crippen molar-refractivity contribution < 1.29 is 13.5 Å². The molecule has 1 unspecified atom stereocenters. The molecule has 9 nitrogen and oxygen atoms in total. The highest BCUT2D eigenvalue weighted by Gasteiger charge is 2.57. The number of aromatic amines is 2. The second-order valence-electron chi connectivity index (χ2n) is 8.63. The van der Waals surface area contributed by atoms with Gasteiger partial charge in [-0.15, -0.1) is 0 Å². The number of nitrogens with zero attached hydrogens (tertiary/aromatic N) is 4.